The number of aliphatic hydroxyl groups is 2. The molecule has 0 atom stereocenters. The van der Waals surface area contributed by atoms with Crippen molar-refractivity contribution in [3.8, 4) is 0 Å². The highest BCUT2D eigenvalue weighted by Crippen LogP contribution is 2.47. The van der Waals surface area contributed by atoms with E-state index in [0.717, 1.165) is 49.4 Å². The van der Waals surface area contributed by atoms with Gasteiger partial charge in [0.15, 0.2) is 0 Å². The standard InChI is InChI=1S/C19H34O2/c20-17-10-6-15(7-11-17)19(14-4-2-1-3-5-14)16-8-12-18(21)13-9-16/h14-21H,1-13H2. The minimum absolute atomic E-state index is 0.0265. The monoisotopic (exact) mass is 294 g/mol. The highest BCUT2D eigenvalue weighted by molar-refractivity contribution is 4.89. The summed E-state index contributed by atoms with van der Waals surface area (Å²) in [5.41, 5.74) is 0. The number of hydrogen-bond donors (Lipinski definition) is 2. The summed E-state index contributed by atoms with van der Waals surface area (Å²) in [5, 5.41) is 19.7. The zero-order chi connectivity index (χ0) is 14.7. The maximum atomic E-state index is 9.83. The first kappa shape index (κ1) is 15.8. The van der Waals surface area contributed by atoms with Crippen LogP contribution in [0.15, 0.2) is 0 Å². The molecule has 2 heteroatoms. The van der Waals surface area contributed by atoms with E-state index in [4.69, 9.17) is 0 Å². The second kappa shape index (κ2) is 7.46. The molecule has 3 aliphatic rings. The Hall–Kier alpha value is -0.0800. The van der Waals surface area contributed by atoms with Crippen LogP contribution in [0.2, 0.25) is 0 Å². The molecule has 3 fully saturated rings. The van der Waals surface area contributed by atoms with Crippen molar-refractivity contribution in [3.63, 3.8) is 0 Å². The SMILES string of the molecule is OC1CCC(C(C2CCCCC2)C2CCC(O)CC2)CC1. The van der Waals surface area contributed by atoms with Crippen LogP contribution in [0.3, 0.4) is 0 Å². The minimum atomic E-state index is -0.0265. The molecule has 0 radical (unpaired) electrons. The highest BCUT2D eigenvalue weighted by atomic mass is 16.3. The van der Waals surface area contributed by atoms with E-state index < -0.39 is 0 Å². The molecule has 3 aliphatic carbocycles. The van der Waals surface area contributed by atoms with E-state index in [-0.39, 0.29) is 12.2 Å². The fourth-order valence-corrected chi connectivity index (χ4v) is 5.65. The number of aliphatic hydroxyl groups excluding tert-OH is 2. The first-order valence-corrected chi connectivity index (χ1v) is 9.60. The minimum Gasteiger partial charge on any atom is -0.393 e. The summed E-state index contributed by atoms with van der Waals surface area (Å²) in [4.78, 5) is 0. The van der Waals surface area contributed by atoms with Crippen LogP contribution >= 0.6 is 0 Å². The van der Waals surface area contributed by atoms with Gasteiger partial charge in [0.05, 0.1) is 12.2 Å². The Kier molecular flexibility index (Phi) is 5.61. The quantitative estimate of drug-likeness (QED) is 0.815. The summed E-state index contributed by atoms with van der Waals surface area (Å²) in [5.74, 6) is 3.55. The predicted molar refractivity (Wildman–Crippen MR) is 86.0 cm³/mol. The van der Waals surface area contributed by atoms with E-state index in [2.05, 4.69) is 0 Å². The summed E-state index contributed by atoms with van der Waals surface area (Å²) in [6, 6.07) is 0. The molecule has 0 aliphatic heterocycles. The molecular weight excluding hydrogens is 260 g/mol. The van der Waals surface area contributed by atoms with Crippen molar-refractivity contribution in [3.05, 3.63) is 0 Å². The van der Waals surface area contributed by atoms with Crippen molar-refractivity contribution in [1.29, 1.82) is 0 Å². The van der Waals surface area contributed by atoms with Crippen LogP contribution in [0.5, 0.6) is 0 Å². The Labute approximate surface area is 130 Å². The summed E-state index contributed by atoms with van der Waals surface area (Å²) in [7, 11) is 0. The van der Waals surface area contributed by atoms with Crippen molar-refractivity contribution < 1.29 is 10.2 Å². The Bertz CT molecular complexity index is 273. The maximum absolute atomic E-state index is 9.83. The summed E-state index contributed by atoms with van der Waals surface area (Å²) < 4.78 is 0. The van der Waals surface area contributed by atoms with Gasteiger partial charge >= 0.3 is 0 Å². The molecule has 2 nitrogen and oxygen atoms in total. The van der Waals surface area contributed by atoms with Crippen LogP contribution in [0.4, 0.5) is 0 Å². The van der Waals surface area contributed by atoms with Gasteiger partial charge in [-0.1, -0.05) is 32.1 Å². The lowest BCUT2D eigenvalue weighted by Gasteiger charge is -2.45. The van der Waals surface area contributed by atoms with Gasteiger partial charge in [-0.15, -0.1) is 0 Å². The number of rotatable bonds is 3. The van der Waals surface area contributed by atoms with Crippen LogP contribution in [-0.2, 0) is 0 Å². The Morgan fingerprint density at radius 2 is 0.857 bits per heavy atom. The van der Waals surface area contributed by atoms with Gasteiger partial charge < -0.3 is 10.2 Å². The van der Waals surface area contributed by atoms with Crippen LogP contribution in [0.1, 0.15) is 83.5 Å². The van der Waals surface area contributed by atoms with Crippen LogP contribution in [-0.4, -0.2) is 22.4 Å². The molecular formula is C19H34O2. The van der Waals surface area contributed by atoms with Crippen LogP contribution in [0.25, 0.3) is 0 Å². The lowest BCUT2D eigenvalue weighted by atomic mass is 9.61. The van der Waals surface area contributed by atoms with Crippen molar-refractivity contribution >= 4 is 0 Å². The van der Waals surface area contributed by atoms with Gasteiger partial charge in [-0.2, -0.15) is 0 Å². The van der Waals surface area contributed by atoms with E-state index >= 15 is 0 Å². The molecule has 3 saturated carbocycles. The van der Waals surface area contributed by atoms with Crippen LogP contribution < -0.4 is 0 Å². The normalized spacial score (nSPS) is 40.9. The lowest BCUT2D eigenvalue weighted by molar-refractivity contribution is 0.0137. The molecule has 0 saturated heterocycles. The fraction of sp³-hybridized carbons (Fsp3) is 1.00. The molecule has 0 bridgehead atoms. The second-order valence-electron chi connectivity index (χ2n) is 8.11. The van der Waals surface area contributed by atoms with E-state index in [1.54, 1.807) is 0 Å². The Morgan fingerprint density at radius 1 is 0.476 bits per heavy atom. The molecule has 0 aromatic rings. The topological polar surface area (TPSA) is 40.5 Å². The van der Waals surface area contributed by atoms with Crippen molar-refractivity contribution in [2.75, 3.05) is 0 Å². The number of hydrogen-bond acceptors (Lipinski definition) is 2. The molecule has 0 spiro atoms. The first-order chi connectivity index (χ1) is 10.2. The van der Waals surface area contributed by atoms with Gasteiger partial charge in [0.1, 0.15) is 0 Å². The molecule has 21 heavy (non-hydrogen) atoms. The second-order valence-corrected chi connectivity index (χ2v) is 8.11. The first-order valence-electron chi connectivity index (χ1n) is 9.60. The average Bonchev–Trinajstić information content (AvgIpc) is 2.52. The third-order valence-electron chi connectivity index (χ3n) is 6.77. The molecule has 0 unspecified atom stereocenters. The van der Waals surface area contributed by atoms with Crippen molar-refractivity contribution in [1.82, 2.24) is 0 Å². The zero-order valence-electron chi connectivity index (χ0n) is 13.6. The maximum Gasteiger partial charge on any atom is 0.0540 e. The van der Waals surface area contributed by atoms with Gasteiger partial charge in [0, 0.05) is 0 Å². The average molecular weight is 294 g/mol. The van der Waals surface area contributed by atoms with Gasteiger partial charge in [0.25, 0.3) is 0 Å². The van der Waals surface area contributed by atoms with Crippen molar-refractivity contribution in [2.45, 2.75) is 95.7 Å². The molecule has 0 heterocycles. The van der Waals surface area contributed by atoms with Gasteiger partial charge in [-0.05, 0) is 75.0 Å². The smallest absolute Gasteiger partial charge is 0.0540 e. The highest BCUT2D eigenvalue weighted by Gasteiger charge is 2.38. The van der Waals surface area contributed by atoms with Gasteiger partial charge in [-0.3, -0.25) is 0 Å². The van der Waals surface area contributed by atoms with Gasteiger partial charge in [-0.25, -0.2) is 0 Å². The molecule has 122 valence electrons. The largest absolute Gasteiger partial charge is 0.393 e. The Morgan fingerprint density at radius 3 is 1.29 bits per heavy atom. The van der Waals surface area contributed by atoms with E-state index in [9.17, 15) is 10.2 Å². The third kappa shape index (κ3) is 4.01. The molecule has 0 aromatic carbocycles. The molecule has 0 amide bonds. The zero-order valence-corrected chi connectivity index (χ0v) is 13.6. The van der Waals surface area contributed by atoms with E-state index in [1.165, 1.54) is 57.8 Å². The Balaban J connectivity index is 1.67. The van der Waals surface area contributed by atoms with Gasteiger partial charge in [0.2, 0.25) is 0 Å². The summed E-state index contributed by atoms with van der Waals surface area (Å²) >= 11 is 0. The predicted octanol–water partition coefficient (Wildman–Crippen LogP) is 4.29. The summed E-state index contributed by atoms with van der Waals surface area (Å²) in [6.45, 7) is 0. The molecule has 3 rings (SSSR count). The third-order valence-corrected chi connectivity index (χ3v) is 6.77. The van der Waals surface area contributed by atoms with E-state index in [0.29, 0.717) is 0 Å². The molecule has 2 N–H and O–H groups in total. The molecule has 0 aromatic heterocycles. The lowest BCUT2D eigenvalue weighted by Crippen LogP contribution is -2.37. The van der Waals surface area contributed by atoms with Crippen LogP contribution in [0, 0.1) is 23.7 Å². The van der Waals surface area contributed by atoms with E-state index in [1.807, 2.05) is 0 Å². The van der Waals surface area contributed by atoms with Crippen molar-refractivity contribution in [2.24, 2.45) is 23.7 Å². The summed E-state index contributed by atoms with van der Waals surface area (Å²) in [6.07, 6.45) is 16.3. The fourth-order valence-electron chi connectivity index (χ4n) is 5.65.